The summed E-state index contributed by atoms with van der Waals surface area (Å²) in [6.07, 6.45) is 9.69. The van der Waals surface area contributed by atoms with Crippen molar-refractivity contribution in [2.45, 2.75) is 45.8 Å². The van der Waals surface area contributed by atoms with Crippen LogP contribution in [0.25, 0.3) is 16.9 Å². The fourth-order valence-corrected chi connectivity index (χ4v) is 4.69. The fraction of sp³-hybridized carbons (Fsp3) is 0.367. The molecule has 0 bridgehead atoms. The van der Waals surface area contributed by atoms with Gasteiger partial charge in [-0.3, -0.25) is 10.00 Å². The molecule has 2 aromatic heterocycles. The number of carbonyl (C=O) groups excluding carboxylic acids is 1. The zero-order valence-electron chi connectivity index (χ0n) is 23.3. The van der Waals surface area contributed by atoms with E-state index in [1.807, 2.05) is 82.6 Å². The van der Waals surface area contributed by atoms with Gasteiger partial charge in [-0.25, -0.2) is 9.48 Å². The molecule has 0 aliphatic heterocycles. The van der Waals surface area contributed by atoms with Gasteiger partial charge in [0.05, 0.1) is 30.6 Å². The van der Waals surface area contributed by atoms with E-state index in [0.29, 0.717) is 25.3 Å². The van der Waals surface area contributed by atoms with Crippen molar-refractivity contribution in [3.8, 4) is 16.9 Å². The Bertz CT molecular complexity index is 1380. The SMILES string of the molecule is C=C1/C=C\C(COC)=C/C[C@@H](NC(=O)Nc2c(C)c(-c3cnn(C)c3)nn2-c2ccccc2)[C@H](O)CC1(C)C. The Morgan fingerprint density at radius 2 is 2.00 bits per heavy atom. The summed E-state index contributed by atoms with van der Waals surface area (Å²) < 4.78 is 8.77. The summed E-state index contributed by atoms with van der Waals surface area (Å²) in [5.41, 5.74) is 4.68. The molecule has 1 aromatic carbocycles. The minimum Gasteiger partial charge on any atom is -0.391 e. The summed E-state index contributed by atoms with van der Waals surface area (Å²) in [6.45, 7) is 10.6. The van der Waals surface area contributed by atoms with Crippen molar-refractivity contribution in [1.82, 2.24) is 24.9 Å². The van der Waals surface area contributed by atoms with Gasteiger partial charge in [0.15, 0.2) is 0 Å². The molecule has 9 nitrogen and oxygen atoms in total. The van der Waals surface area contributed by atoms with Gasteiger partial charge in [0.2, 0.25) is 0 Å². The number of nitrogens with one attached hydrogen (secondary N) is 2. The number of hydrogen-bond acceptors (Lipinski definition) is 5. The van der Waals surface area contributed by atoms with Gasteiger partial charge in [-0.1, -0.05) is 56.9 Å². The Balaban J connectivity index is 1.63. The first-order chi connectivity index (χ1) is 18.6. The monoisotopic (exact) mass is 530 g/mol. The van der Waals surface area contributed by atoms with Gasteiger partial charge >= 0.3 is 6.03 Å². The molecule has 2 amide bonds. The Hall–Kier alpha value is -3.95. The van der Waals surface area contributed by atoms with Gasteiger partial charge in [0.25, 0.3) is 0 Å². The molecular weight excluding hydrogens is 492 g/mol. The van der Waals surface area contributed by atoms with Crippen molar-refractivity contribution in [3.63, 3.8) is 0 Å². The lowest BCUT2D eigenvalue weighted by molar-refractivity contribution is 0.0927. The third kappa shape index (κ3) is 6.55. The Morgan fingerprint density at radius 3 is 2.67 bits per heavy atom. The lowest BCUT2D eigenvalue weighted by atomic mass is 9.77. The number of hydrogen-bond donors (Lipinski definition) is 3. The van der Waals surface area contributed by atoms with E-state index in [0.717, 1.165) is 33.7 Å². The zero-order valence-corrected chi connectivity index (χ0v) is 23.3. The quantitative estimate of drug-likeness (QED) is 0.419. The maximum Gasteiger partial charge on any atom is 0.320 e. The van der Waals surface area contributed by atoms with Crippen LogP contribution in [0, 0.1) is 12.3 Å². The highest BCUT2D eigenvalue weighted by Gasteiger charge is 2.30. The maximum atomic E-state index is 13.4. The van der Waals surface area contributed by atoms with Crippen LogP contribution < -0.4 is 10.6 Å². The standard InChI is InChI=1S/C30H38N6O3/c1-20-12-13-22(19-39-6)14-15-25(26(37)16-30(20,3)4)32-29(38)33-28-21(2)27(23-17-31-35(5)18-23)34-36(28)24-10-8-7-9-11-24/h7-14,17-18,25-26,37H,1,15-16,19H2,2-6H3,(H2,32,33,38)/b13-12-,22-14+/t25-,26-/m1/s1. The molecule has 2 heterocycles. The largest absolute Gasteiger partial charge is 0.391 e. The molecule has 0 radical (unpaired) electrons. The first-order valence-corrected chi connectivity index (χ1v) is 13.0. The molecule has 3 aromatic rings. The van der Waals surface area contributed by atoms with E-state index in [2.05, 4.69) is 22.3 Å². The fourth-order valence-electron chi connectivity index (χ4n) is 4.69. The summed E-state index contributed by atoms with van der Waals surface area (Å²) in [4.78, 5) is 13.4. The number of nitrogens with zero attached hydrogens (tertiary/aromatic N) is 4. The van der Waals surface area contributed by atoms with E-state index in [9.17, 15) is 9.90 Å². The predicted octanol–water partition coefficient (Wildman–Crippen LogP) is 4.94. The van der Waals surface area contributed by atoms with Crippen LogP contribution in [0.4, 0.5) is 10.6 Å². The summed E-state index contributed by atoms with van der Waals surface area (Å²) >= 11 is 0. The second-order valence-electron chi connectivity index (χ2n) is 10.6. The highest BCUT2D eigenvalue weighted by molar-refractivity contribution is 5.91. The average Bonchev–Trinajstić information content (AvgIpc) is 3.47. The smallest absolute Gasteiger partial charge is 0.320 e. The van der Waals surface area contributed by atoms with Crippen molar-refractivity contribution in [1.29, 1.82) is 0 Å². The van der Waals surface area contributed by atoms with E-state index in [-0.39, 0.29) is 5.41 Å². The topological polar surface area (TPSA) is 106 Å². The molecule has 9 heteroatoms. The molecule has 0 spiro atoms. The van der Waals surface area contributed by atoms with Crippen LogP contribution in [0.1, 0.15) is 32.3 Å². The maximum absolute atomic E-state index is 13.4. The third-order valence-electron chi connectivity index (χ3n) is 7.15. The Morgan fingerprint density at radius 1 is 1.26 bits per heavy atom. The number of carbonyl (C=O) groups is 1. The molecule has 39 heavy (non-hydrogen) atoms. The molecule has 0 fully saturated rings. The molecular formula is C30H38N6O3. The average molecular weight is 531 g/mol. The molecule has 0 saturated carbocycles. The first-order valence-electron chi connectivity index (χ1n) is 13.0. The van der Waals surface area contributed by atoms with Crippen LogP contribution in [0.3, 0.4) is 0 Å². The number of benzene rings is 1. The van der Waals surface area contributed by atoms with Gasteiger partial charge in [-0.2, -0.15) is 10.2 Å². The van der Waals surface area contributed by atoms with Crippen molar-refractivity contribution >= 4 is 11.8 Å². The number of anilines is 1. The van der Waals surface area contributed by atoms with Crippen molar-refractivity contribution < 1.29 is 14.6 Å². The van der Waals surface area contributed by atoms with Crippen molar-refractivity contribution in [3.05, 3.63) is 84.2 Å². The van der Waals surface area contributed by atoms with Crippen molar-refractivity contribution in [2.75, 3.05) is 19.0 Å². The summed E-state index contributed by atoms with van der Waals surface area (Å²) in [6, 6.07) is 8.68. The molecule has 0 unspecified atom stereocenters. The number of aromatic nitrogens is 4. The number of urea groups is 1. The minimum absolute atomic E-state index is 0.358. The first kappa shape index (κ1) is 28.1. The molecule has 2 atom stereocenters. The number of rotatable bonds is 6. The van der Waals surface area contributed by atoms with Crippen molar-refractivity contribution in [2.24, 2.45) is 12.5 Å². The number of aliphatic hydroxyl groups excluding tert-OH is 1. The highest BCUT2D eigenvalue weighted by Crippen LogP contribution is 2.34. The van der Waals surface area contributed by atoms with Crippen LogP contribution >= 0.6 is 0 Å². The third-order valence-corrected chi connectivity index (χ3v) is 7.15. The van der Waals surface area contributed by atoms with Crippen LogP contribution in [-0.4, -0.2) is 56.6 Å². The number of allylic oxidation sites excluding steroid dienone is 2. The van der Waals surface area contributed by atoms with Gasteiger partial charge in [-0.15, -0.1) is 0 Å². The number of aryl methyl sites for hydroxylation is 1. The molecule has 4 rings (SSSR count). The summed E-state index contributed by atoms with van der Waals surface area (Å²) in [5, 5.41) is 26.3. The molecule has 206 valence electrons. The second-order valence-corrected chi connectivity index (χ2v) is 10.6. The predicted molar refractivity (Wildman–Crippen MR) is 154 cm³/mol. The van der Waals surface area contributed by atoms with Crippen LogP contribution in [0.15, 0.2) is 78.7 Å². The van der Waals surface area contributed by atoms with E-state index >= 15 is 0 Å². The van der Waals surface area contributed by atoms with E-state index < -0.39 is 18.2 Å². The molecule has 0 saturated heterocycles. The van der Waals surface area contributed by atoms with Gasteiger partial charge in [-0.05, 0) is 48.5 Å². The van der Waals surface area contributed by atoms with E-state index in [1.165, 1.54) is 0 Å². The highest BCUT2D eigenvalue weighted by atomic mass is 16.5. The van der Waals surface area contributed by atoms with Crippen LogP contribution in [0.5, 0.6) is 0 Å². The molecule has 1 aliphatic carbocycles. The second kappa shape index (κ2) is 11.8. The lowest BCUT2D eigenvalue weighted by Gasteiger charge is -2.33. The van der Waals surface area contributed by atoms with E-state index in [1.54, 1.807) is 22.7 Å². The van der Waals surface area contributed by atoms with Gasteiger partial charge < -0.3 is 15.2 Å². The minimum atomic E-state index is -0.792. The summed E-state index contributed by atoms with van der Waals surface area (Å²) in [5.74, 6) is 0.541. The number of amides is 2. The van der Waals surface area contributed by atoms with Gasteiger partial charge in [0.1, 0.15) is 11.5 Å². The van der Waals surface area contributed by atoms with Gasteiger partial charge in [0, 0.05) is 31.5 Å². The zero-order chi connectivity index (χ0) is 28.2. The van der Waals surface area contributed by atoms with Crippen LogP contribution in [-0.2, 0) is 11.8 Å². The lowest BCUT2D eigenvalue weighted by Crippen LogP contribution is -2.46. The molecule has 3 N–H and O–H groups in total. The van der Waals surface area contributed by atoms with Crippen LogP contribution in [0.2, 0.25) is 0 Å². The number of para-hydroxylation sites is 1. The number of aliphatic hydroxyl groups is 1. The number of methoxy groups -OCH3 is 1. The van der Waals surface area contributed by atoms with E-state index in [4.69, 9.17) is 9.84 Å². The molecule has 1 aliphatic rings. The summed E-state index contributed by atoms with van der Waals surface area (Å²) in [7, 11) is 3.49. The Labute approximate surface area is 229 Å². The number of ether oxygens (including phenoxy) is 1. The Kier molecular flexibility index (Phi) is 8.52. The normalized spacial score (nSPS) is 21.6.